The van der Waals surface area contributed by atoms with Crippen LogP contribution in [0.1, 0.15) is 5.56 Å². The second-order valence-corrected chi connectivity index (χ2v) is 5.61. The van der Waals surface area contributed by atoms with Gasteiger partial charge in [0, 0.05) is 18.1 Å². The summed E-state index contributed by atoms with van der Waals surface area (Å²) < 4.78 is 2.17. The summed E-state index contributed by atoms with van der Waals surface area (Å²) >= 11 is 0. The van der Waals surface area contributed by atoms with Crippen LogP contribution in [0.3, 0.4) is 0 Å². The molecule has 0 saturated carbocycles. The van der Waals surface area contributed by atoms with Crippen LogP contribution in [0.15, 0.2) is 79.1 Å². The van der Waals surface area contributed by atoms with Crippen molar-refractivity contribution in [3.8, 4) is 11.4 Å². The highest BCUT2D eigenvalue weighted by atomic mass is 15.0. The standard InChI is InChI=1S/C20H17N3/c1-15-8-10-16(11-9-15)22-18-14-20(17-6-2-4-12-21-17)23-13-5-3-7-19(18)23/h2-14,22H,1H3. The number of hydrogen-bond acceptors (Lipinski definition) is 2. The van der Waals surface area contributed by atoms with E-state index in [4.69, 9.17) is 0 Å². The number of pyridine rings is 2. The minimum absolute atomic E-state index is 0.964. The van der Waals surface area contributed by atoms with E-state index in [1.165, 1.54) is 5.56 Å². The van der Waals surface area contributed by atoms with E-state index >= 15 is 0 Å². The summed E-state index contributed by atoms with van der Waals surface area (Å²) in [5, 5.41) is 3.52. The molecule has 1 aromatic carbocycles. The minimum Gasteiger partial charge on any atom is -0.354 e. The van der Waals surface area contributed by atoms with Gasteiger partial charge in [-0.2, -0.15) is 0 Å². The highest BCUT2D eigenvalue weighted by Gasteiger charge is 2.11. The lowest BCUT2D eigenvalue weighted by Gasteiger charge is -2.05. The van der Waals surface area contributed by atoms with E-state index in [0.29, 0.717) is 0 Å². The monoisotopic (exact) mass is 299 g/mol. The van der Waals surface area contributed by atoms with Gasteiger partial charge in [0.1, 0.15) is 0 Å². The molecule has 0 aliphatic carbocycles. The molecule has 4 aromatic rings. The van der Waals surface area contributed by atoms with Gasteiger partial charge < -0.3 is 9.72 Å². The number of nitrogens with one attached hydrogen (secondary N) is 1. The summed E-state index contributed by atoms with van der Waals surface area (Å²) in [5.41, 5.74) is 6.59. The molecule has 3 nitrogen and oxygen atoms in total. The van der Waals surface area contributed by atoms with Crippen LogP contribution in [0.2, 0.25) is 0 Å². The number of aryl methyl sites for hydroxylation is 1. The normalized spacial score (nSPS) is 10.8. The SMILES string of the molecule is Cc1ccc(Nc2cc(-c3ccccn3)n3ccccc23)cc1. The van der Waals surface area contributed by atoms with E-state index in [0.717, 1.165) is 28.3 Å². The summed E-state index contributed by atoms with van der Waals surface area (Å²) in [6.45, 7) is 2.09. The molecule has 3 heterocycles. The highest BCUT2D eigenvalue weighted by molar-refractivity contribution is 5.83. The fourth-order valence-corrected chi connectivity index (χ4v) is 2.76. The molecular formula is C20H17N3. The van der Waals surface area contributed by atoms with Crippen LogP contribution in [0.25, 0.3) is 16.9 Å². The van der Waals surface area contributed by atoms with Gasteiger partial charge in [-0.1, -0.05) is 29.8 Å². The van der Waals surface area contributed by atoms with Crippen LogP contribution in [0, 0.1) is 6.92 Å². The first kappa shape index (κ1) is 13.6. The average Bonchev–Trinajstić information content (AvgIpc) is 2.97. The molecule has 0 unspecified atom stereocenters. The highest BCUT2D eigenvalue weighted by Crippen LogP contribution is 2.30. The number of benzene rings is 1. The van der Waals surface area contributed by atoms with Crippen molar-refractivity contribution in [3.63, 3.8) is 0 Å². The maximum atomic E-state index is 4.48. The summed E-state index contributed by atoms with van der Waals surface area (Å²) in [6.07, 6.45) is 3.89. The van der Waals surface area contributed by atoms with Crippen LogP contribution in [0.4, 0.5) is 11.4 Å². The molecule has 4 rings (SSSR count). The molecule has 0 aliphatic heterocycles. The molecule has 3 aromatic heterocycles. The van der Waals surface area contributed by atoms with Crippen LogP contribution in [-0.2, 0) is 0 Å². The van der Waals surface area contributed by atoms with Crippen molar-refractivity contribution in [1.29, 1.82) is 0 Å². The number of rotatable bonds is 3. The zero-order valence-corrected chi connectivity index (χ0v) is 12.9. The third-order valence-electron chi connectivity index (χ3n) is 3.93. The van der Waals surface area contributed by atoms with Gasteiger partial charge >= 0.3 is 0 Å². The van der Waals surface area contributed by atoms with Crippen LogP contribution >= 0.6 is 0 Å². The van der Waals surface area contributed by atoms with Crippen molar-refractivity contribution in [1.82, 2.24) is 9.38 Å². The molecule has 0 bridgehead atoms. The van der Waals surface area contributed by atoms with Crippen molar-refractivity contribution in [3.05, 3.63) is 84.7 Å². The lowest BCUT2D eigenvalue weighted by Crippen LogP contribution is -1.90. The van der Waals surface area contributed by atoms with E-state index in [1.54, 1.807) is 0 Å². The first-order valence-corrected chi connectivity index (χ1v) is 7.66. The second kappa shape index (κ2) is 5.61. The number of aromatic nitrogens is 2. The van der Waals surface area contributed by atoms with Gasteiger partial charge in [0.05, 0.1) is 22.6 Å². The van der Waals surface area contributed by atoms with Crippen molar-refractivity contribution in [2.45, 2.75) is 6.92 Å². The Bertz CT molecular complexity index is 938. The predicted molar refractivity (Wildman–Crippen MR) is 95.1 cm³/mol. The fourth-order valence-electron chi connectivity index (χ4n) is 2.76. The fraction of sp³-hybridized carbons (Fsp3) is 0.0500. The van der Waals surface area contributed by atoms with E-state index < -0.39 is 0 Å². The number of nitrogens with zero attached hydrogens (tertiary/aromatic N) is 2. The number of anilines is 2. The molecule has 0 atom stereocenters. The van der Waals surface area contributed by atoms with E-state index in [-0.39, 0.29) is 0 Å². The molecule has 112 valence electrons. The molecular weight excluding hydrogens is 282 g/mol. The van der Waals surface area contributed by atoms with Crippen molar-refractivity contribution < 1.29 is 0 Å². The maximum Gasteiger partial charge on any atom is 0.0870 e. The Morgan fingerprint density at radius 1 is 0.913 bits per heavy atom. The summed E-state index contributed by atoms with van der Waals surface area (Å²) in [5.74, 6) is 0. The third kappa shape index (κ3) is 2.57. The van der Waals surface area contributed by atoms with Gasteiger partial charge in [-0.15, -0.1) is 0 Å². The van der Waals surface area contributed by atoms with Crippen LogP contribution < -0.4 is 5.32 Å². The van der Waals surface area contributed by atoms with Gasteiger partial charge in [-0.3, -0.25) is 4.98 Å². The minimum atomic E-state index is 0.964. The summed E-state index contributed by atoms with van der Waals surface area (Å²) in [6, 6.07) is 22.8. The molecule has 0 spiro atoms. The van der Waals surface area contributed by atoms with Crippen LogP contribution in [-0.4, -0.2) is 9.38 Å². The number of hydrogen-bond donors (Lipinski definition) is 1. The Labute approximate surface area is 135 Å². The van der Waals surface area contributed by atoms with Crippen molar-refractivity contribution in [2.24, 2.45) is 0 Å². The molecule has 0 radical (unpaired) electrons. The molecule has 0 saturated heterocycles. The van der Waals surface area contributed by atoms with Crippen LogP contribution in [0.5, 0.6) is 0 Å². The Balaban J connectivity index is 1.83. The summed E-state index contributed by atoms with van der Waals surface area (Å²) in [4.78, 5) is 4.48. The molecule has 1 N–H and O–H groups in total. The summed E-state index contributed by atoms with van der Waals surface area (Å²) in [7, 11) is 0. The average molecular weight is 299 g/mol. The molecule has 3 heteroatoms. The maximum absolute atomic E-state index is 4.48. The first-order valence-electron chi connectivity index (χ1n) is 7.66. The zero-order chi connectivity index (χ0) is 15.6. The zero-order valence-electron chi connectivity index (χ0n) is 12.9. The lowest BCUT2D eigenvalue weighted by atomic mass is 10.2. The molecule has 0 fully saturated rings. The van der Waals surface area contributed by atoms with Gasteiger partial charge in [0.2, 0.25) is 0 Å². The van der Waals surface area contributed by atoms with Crippen molar-refractivity contribution >= 4 is 16.9 Å². The Morgan fingerprint density at radius 2 is 1.74 bits per heavy atom. The van der Waals surface area contributed by atoms with Gasteiger partial charge in [-0.05, 0) is 49.4 Å². The Kier molecular flexibility index (Phi) is 3.31. The third-order valence-corrected chi connectivity index (χ3v) is 3.93. The van der Waals surface area contributed by atoms with E-state index in [1.807, 2.05) is 30.5 Å². The smallest absolute Gasteiger partial charge is 0.0870 e. The Morgan fingerprint density at radius 3 is 2.52 bits per heavy atom. The van der Waals surface area contributed by atoms with E-state index in [2.05, 4.69) is 70.3 Å². The predicted octanol–water partition coefficient (Wildman–Crippen LogP) is 5.05. The van der Waals surface area contributed by atoms with Crippen molar-refractivity contribution in [2.75, 3.05) is 5.32 Å². The quantitative estimate of drug-likeness (QED) is 0.573. The molecule has 0 amide bonds. The van der Waals surface area contributed by atoms with Gasteiger partial charge in [0.25, 0.3) is 0 Å². The first-order chi connectivity index (χ1) is 11.3. The largest absolute Gasteiger partial charge is 0.354 e. The molecule has 23 heavy (non-hydrogen) atoms. The van der Waals surface area contributed by atoms with Gasteiger partial charge in [-0.25, -0.2) is 0 Å². The molecule has 0 aliphatic rings. The lowest BCUT2D eigenvalue weighted by molar-refractivity contribution is 1.17. The van der Waals surface area contributed by atoms with E-state index in [9.17, 15) is 0 Å². The number of fused-ring (bicyclic) bond motifs is 1. The Hall–Kier alpha value is -3.07. The van der Waals surface area contributed by atoms with Gasteiger partial charge in [0.15, 0.2) is 0 Å². The topological polar surface area (TPSA) is 29.3 Å². The second-order valence-electron chi connectivity index (χ2n) is 5.61.